The number of nitrogens with two attached hydrogens (primary N) is 1. The van der Waals surface area contributed by atoms with Crippen LogP contribution in [0, 0.1) is 6.92 Å². The molecule has 0 aromatic carbocycles. The molecule has 1 heterocycles. The Hall–Kier alpha value is -0.770. The van der Waals surface area contributed by atoms with Gasteiger partial charge in [-0.1, -0.05) is 0 Å². The SMILES string of the molecule is Cc1nnc(N)n1C.Cl. The molecule has 5 heteroatoms. The van der Waals surface area contributed by atoms with E-state index in [2.05, 4.69) is 10.2 Å². The summed E-state index contributed by atoms with van der Waals surface area (Å²) in [7, 11) is 1.82. The molecule has 0 unspecified atom stereocenters. The van der Waals surface area contributed by atoms with Crippen molar-refractivity contribution in [2.75, 3.05) is 5.73 Å². The van der Waals surface area contributed by atoms with E-state index in [0.29, 0.717) is 5.95 Å². The highest BCUT2D eigenvalue weighted by atomic mass is 35.5. The van der Waals surface area contributed by atoms with E-state index >= 15 is 0 Å². The van der Waals surface area contributed by atoms with Crippen LogP contribution in [0.5, 0.6) is 0 Å². The van der Waals surface area contributed by atoms with Crippen molar-refractivity contribution in [2.24, 2.45) is 7.05 Å². The molecule has 0 amide bonds. The largest absolute Gasteiger partial charge is 0.368 e. The molecule has 52 valence electrons. The second-order valence-corrected chi connectivity index (χ2v) is 1.66. The maximum Gasteiger partial charge on any atom is 0.221 e. The van der Waals surface area contributed by atoms with Crippen molar-refractivity contribution in [1.29, 1.82) is 0 Å². The first-order valence-corrected chi connectivity index (χ1v) is 2.33. The molecule has 0 saturated heterocycles. The maximum atomic E-state index is 5.33. The van der Waals surface area contributed by atoms with Gasteiger partial charge in [0.25, 0.3) is 0 Å². The second-order valence-electron chi connectivity index (χ2n) is 1.66. The van der Waals surface area contributed by atoms with Gasteiger partial charge in [0.05, 0.1) is 0 Å². The van der Waals surface area contributed by atoms with E-state index in [4.69, 9.17) is 5.73 Å². The molecule has 1 aromatic heterocycles. The molecule has 0 aliphatic rings. The summed E-state index contributed by atoms with van der Waals surface area (Å²) in [5.41, 5.74) is 5.33. The maximum absolute atomic E-state index is 5.33. The number of aryl methyl sites for hydroxylation is 1. The summed E-state index contributed by atoms with van der Waals surface area (Å²) in [6.07, 6.45) is 0. The predicted octanol–water partition coefficient (Wildman–Crippen LogP) is 0.128. The Bertz CT molecular complexity index is 175. The van der Waals surface area contributed by atoms with Crippen molar-refractivity contribution in [3.05, 3.63) is 5.82 Å². The van der Waals surface area contributed by atoms with Crippen molar-refractivity contribution in [3.8, 4) is 0 Å². The molecule has 0 aliphatic heterocycles. The molecule has 0 spiro atoms. The quantitative estimate of drug-likeness (QED) is 0.569. The van der Waals surface area contributed by atoms with E-state index in [9.17, 15) is 0 Å². The molecule has 0 fully saturated rings. The fourth-order valence-corrected chi connectivity index (χ4v) is 0.424. The van der Waals surface area contributed by atoms with Crippen LogP contribution < -0.4 is 5.73 Å². The Morgan fingerprint density at radius 3 is 2.11 bits per heavy atom. The fourth-order valence-electron chi connectivity index (χ4n) is 0.424. The van der Waals surface area contributed by atoms with Gasteiger partial charge in [-0.05, 0) is 6.92 Å². The fraction of sp³-hybridized carbons (Fsp3) is 0.500. The average Bonchev–Trinajstić information content (AvgIpc) is 1.98. The molecule has 0 radical (unpaired) electrons. The van der Waals surface area contributed by atoms with E-state index in [1.165, 1.54) is 0 Å². The van der Waals surface area contributed by atoms with Crippen molar-refractivity contribution >= 4 is 18.4 Å². The minimum atomic E-state index is 0. The van der Waals surface area contributed by atoms with Crippen LogP contribution in [0.4, 0.5) is 5.95 Å². The van der Waals surface area contributed by atoms with Crippen LogP contribution in [0.3, 0.4) is 0 Å². The number of nitrogens with zero attached hydrogens (tertiary/aromatic N) is 3. The first-order valence-electron chi connectivity index (χ1n) is 2.33. The summed E-state index contributed by atoms with van der Waals surface area (Å²) in [6.45, 7) is 1.85. The van der Waals surface area contributed by atoms with Crippen LogP contribution in [-0.4, -0.2) is 14.8 Å². The van der Waals surface area contributed by atoms with Crippen molar-refractivity contribution in [1.82, 2.24) is 14.8 Å². The lowest BCUT2D eigenvalue weighted by atomic mass is 10.7. The van der Waals surface area contributed by atoms with Crippen LogP contribution in [0.1, 0.15) is 5.82 Å². The van der Waals surface area contributed by atoms with Crippen molar-refractivity contribution in [3.63, 3.8) is 0 Å². The van der Waals surface area contributed by atoms with Crippen LogP contribution >= 0.6 is 12.4 Å². The van der Waals surface area contributed by atoms with Gasteiger partial charge in [0.15, 0.2) is 0 Å². The standard InChI is InChI=1S/C4H8N4.ClH/c1-3-6-7-4(5)8(3)2;/h1-2H3,(H2,5,7);1H. The highest BCUT2D eigenvalue weighted by molar-refractivity contribution is 5.85. The first kappa shape index (κ1) is 8.23. The zero-order valence-electron chi connectivity index (χ0n) is 5.33. The highest BCUT2D eigenvalue weighted by Gasteiger charge is 1.95. The topological polar surface area (TPSA) is 56.7 Å². The lowest BCUT2D eigenvalue weighted by molar-refractivity contribution is 0.868. The van der Waals surface area contributed by atoms with Gasteiger partial charge in [-0.15, -0.1) is 22.6 Å². The Morgan fingerprint density at radius 2 is 2.00 bits per heavy atom. The van der Waals surface area contributed by atoms with Crippen LogP contribution in [0.25, 0.3) is 0 Å². The summed E-state index contributed by atoms with van der Waals surface area (Å²) >= 11 is 0. The lowest BCUT2D eigenvalue weighted by Crippen LogP contribution is -1.97. The molecule has 0 aliphatic carbocycles. The highest BCUT2D eigenvalue weighted by Crippen LogP contribution is 1.95. The normalized spacial score (nSPS) is 8.67. The molecule has 0 saturated carbocycles. The summed E-state index contributed by atoms with van der Waals surface area (Å²) in [5, 5.41) is 7.31. The predicted molar refractivity (Wildman–Crippen MR) is 37.4 cm³/mol. The van der Waals surface area contributed by atoms with E-state index in [-0.39, 0.29) is 12.4 Å². The molecule has 0 bridgehead atoms. The smallest absolute Gasteiger partial charge is 0.221 e. The molecule has 1 aromatic rings. The minimum Gasteiger partial charge on any atom is -0.368 e. The Labute approximate surface area is 59.5 Å². The third-order valence-electron chi connectivity index (χ3n) is 1.13. The van der Waals surface area contributed by atoms with Gasteiger partial charge < -0.3 is 10.3 Å². The second kappa shape index (κ2) is 2.68. The zero-order valence-corrected chi connectivity index (χ0v) is 6.14. The molecule has 1 rings (SSSR count). The molecule has 2 N–H and O–H groups in total. The number of hydrogen-bond acceptors (Lipinski definition) is 3. The molecular weight excluding hydrogens is 140 g/mol. The molecule has 0 atom stereocenters. The summed E-state index contributed by atoms with van der Waals surface area (Å²) in [6, 6.07) is 0. The number of halogens is 1. The van der Waals surface area contributed by atoms with E-state index in [1.54, 1.807) is 4.57 Å². The summed E-state index contributed by atoms with van der Waals surface area (Å²) in [4.78, 5) is 0. The minimum absolute atomic E-state index is 0. The Balaban J connectivity index is 0.000000640. The van der Waals surface area contributed by atoms with Crippen LogP contribution in [0.2, 0.25) is 0 Å². The van der Waals surface area contributed by atoms with Crippen molar-refractivity contribution < 1.29 is 0 Å². The monoisotopic (exact) mass is 148 g/mol. The Morgan fingerprint density at radius 1 is 1.44 bits per heavy atom. The van der Waals surface area contributed by atoms with Crippen molar-refractivity contribution in [2.45, 2.75) is 6.92 Å². The number of rotatable bonds is 0. The van der Waals surface area contributed by atoms with Gasteiger partial charge in [-0.25, -0.2) is 0 Å². The lowest BCUT2D eigenvalue weighted by Gasteiger charge is -1.90. The zero-order chi connectivity index (χ0) is 6.15. The van der Waals surface area contributed by atoms with E-state index < -0.39 is 0 Å². The average molecular weight is 149 g/mol. The first-order chi connectivity index (χ1) is 3.72. The van der Waals surface area contributed by atoms with Crippen LogP contribution in [0.15, 0.2) is 0 Å². The molecule has 4 nitrogen and oxygen atoms in total. The molecular formula is C4H9ClN4. The van der Waals surface area contributed by atoms with E-state index in [1.807, 2.05) is 14.0 Å². The summed E-state index contributed by atoms with van der Waals surface area (Å²) < 4.78 is 1.72. The van der Waals surface area contributed by atoms with Gasteiger partial charge in [0.1, 0.15) is 5.82 Å². The Kier molecular flexibility index (Phi) is 2.45. The van der Waals surface area contributed by atoms with Gasteiger partial charge >= 0.3 is 0 Å². The number of anilines is 1. The molecule has 9 heavy (non-hydrogen) atoms. The third-order valence-corrected chi connectivity index (χ3v) is 1.13. The number of hydrogen-bond donors (Lipinski definition) is 1. The number of aromatic nitrogens is 3. The number of nitrogen functional groups attached to an aromatic ring is 1. The van der Waals surface area contributed by atoms with E-state index in [0.717, 1.165) is 5.82 Å². The van der Waals surface area contributed by atoms with Gasteiger partial charge in [-0.3, -0.25) is 0 Å². The summed E-state index contributed by atoms with van der Waals surface area (Å²) in [5.74, 6) is 1.30. The van der Waals surface area contributed by atoms with Crippen LogP contribution in [-0.2, 0) is 7.05 Å². The van der Waals surface area contributed by atoms with Gasteiger partial charge in [0.2, 0.25) is 5.95 Å². The van der Waals surface area contributed by atoms with Gasteiger partial charge in [-0.2, -0.15) is 0 Å². The van der Waals surface area contributed by atoms with Gasteiger partial charge in [0, 0.05) is 7.05 Å². The third kappa shape index (κ3) is 1.32.